The Labute approximate surface area is 141 Å². The second-order valence-corrected chi connectivity index (χ2v) is 6.08. The zero-order valence-electron chi connectivity index (χ0n) is 13.6. The smallest absolute Gasteiger partial charge is 0.244 e. The molecule has 24 heavy (non-hydrogen) atoms. The molecule has 0 spiro atoms. The van der Waals surface area contributed by atoms with Gasteiger partial charge < -0.3 is 10.6 Å². The van der Waals surface area contributed by atoms with Crippen LogP contribution in [0.3, 0.4) is 0 Å². The Bertz CT molecular complexity index is 728. The summed E-state index contributed by atoms with van der Waals surface area (Å²) in [7, 11) is 0. The number of primary amides is 1. The predicted molar refractivity (Wildman–Crippen MR) is 93.5 cm³/mol. The van der Waals surface area contributed by atoms with Crippen LogP contribution >= 0.6 is 0 Å². The van der Waals surface area contributed by atoms with Crippen molar-refractivity contribution < 1.29 is 9.59 Å². The monoisotopic (exact) mass is 323 g/mol. The molecule has 2 amide bonds. The number of nitrogens with zero attached hydrogens (tertiary/aromatic N) is 1. The van der Waals surface area contributed by atoms with Crippen LogP contribution in [-0.4, -0.2) is 24.4 Å². The molecular weight excluding hydrogens is 302 g/mol. The van der Waals surface area contributed by atoms with Gasteiger partial charge in [0.15, 0.2) is 0 Å². The number of rotatable bonds is 5. The van der Waals surface area contributed by atoms with Crippen LogP contribution in [0.4, 0.5) is 5.69 Å². The van der Waals surface area contributed by atoms with E-state index in [9.17, 15) is 9.59 Å². The molecule has 2 atom stereocenters. The number of amides is 2. The number of nitrogens with one attached hydrogen (secondary N) is 1. The molecule has 0 radical (unpaired) electrons. The molecule has 1 heterocycles. The van der Waals surface area contributed by atoms with Crippen LogP contribution in [0.15, 0.2) is 54.6 Å². The highest BCUT2D eigenvalue weighted by Crippen LogP contribution is 2.24. The van der Waals surface area contributed by atoms with Crippen LogP contribution in [0.1, 0.15) is 23.6 Å². The van der Waals surface area contributed by atoms with Crippen molar-refractivity contribution >= 4 is 17.5 Å². The molecule has 5 heteroatoms. The maximum atomic E-state index is 12.7. The number of hydrogen-bond donors (Lipinski definition) is 2. The fraction of sp³-hybridized carbons (Fsp3) is 0.263. The van der Waals surface area contributed by atoms with Crippen LogP contribution in [0, 0.1) is 6.92 Å². The van der Waals surface area contributed by atoms with Crippen LogP contribution in [0.25, 0.3) is 0 Å². The summed E-state index contributed by atoms with van der Waals surface area (Å²) in [4.78, 5) is 26.3. The zero-order chi connectivity index (χ0) is 17.1. The minimum absolute atomic E-state index is 0.0268. The van der Waals surface area contributed by atoms with Crippen molar-refractivity contribution in [3.05, 3.63) is 65.7 Å². The van der Waals surface area contributed by atoms with Crippen LogP contribution in [0.5, 0.6) is 0 Å². The maximum Gasteiger partial charge on any atom is 0.244 e. The molecule has 0 bridgehead atoms. The summed E-state index contributed by atoms with van der Waals surface area (Å²) < 4.78 is 0. The highest BCUT2D eigenvalue weighted by atomic mass is 16.2. The third kappa shape index (κ3) is 3.31. The van der Waals surface area contributed by atoms with E-state index >= 15 is 0 Å². The largest absolute Gasteiger partial charge is 0.368 e. The summed E-state index contributed by atoms with van der Waals surface area (Å²) >= 11 is 0. The lowest BCUT2D eigenvalue weighted by atomic mass is 10.0. The normalized spacial score (nSPS) is 18.6. The van der Waals surface area contributed by atoms with Gasteiger partial charge in [0.1, 0.15) is 6.04 Å². The summed E-state index contributed by atoms with van der Waals surface area (Å²) in [5, 5.41) is 3.13. The van der Waals surface area contributed by atoms with Gasteiger partial charge in [-0.1, -0.05) is 48.0 Å². The van der Waals surface area contributed by atoms with E-state index in [-0.39, 0.29) is 5.91 Å². The Morgan fingerprint density at radius 2 is 1.83 bits per heavy atom. The van der Waals surface area contributed by atoms with E-state index in [1.165, 1.54) is 0 Å². The number of carbonyl (C=O) groups is 2. The van der Waals surface area contributed by atoms with E-state index in [1.807, 2.05) is 61.5 Å². The molecular formula is C19H21N3O2. The summed E-state index contributed by atoms with van der Waals surface area (Å²) in [6, 6.07) is 16.0. The summed E-state index contributed by atoms with van der Waals surface area (Å²) in [6.45, 7) is 2.64. The zero-order valence-corrected chi connectivity index (χ0v) is 13.6. The summed E-state index contributed by atoms with van der Waals surface area (Å²) in [5.74, 6) is -0.510. The van der Waals surface area contributed by atoms with Crippen molar-refractivity contribution in [2.75, 3.05) is 11.4 Å². The minimum Gasteiger partial charge on any atom is -0.368 e. The molecule has 1 saturated heterocycles. The second-order valence-electron chi connectivity index (χ2n) is 6.08. The SMILES string of the molecule is Cc1ccc(N2CCC(NC(C(N)=O)c3ccccc3)C2=O)cc1. The number of hydrogen-bond acceptors (Lipinski definition) is 3. The molecule has 1 fully saturated rings. The summed E-state index contributed by atoms with van der Waals surface area (Å²) in [6.07, 6.45) is 0.642. The molecule has 2 aromatic rings. The number of aryl methyl sites for hydroxylation is 1. The highest BCUT2D eigenvalue weighted by Gasteiger charge is 2.35. The fourth-order valence-corrected chi connectivity index (χ4v) is 3.00. The van der Waals surface area contributed by atoms with E-state index in [0.717, 1.165) is 16.8 Å². The van der Waals surface area contributed by atoms with Gasteiger partial charge in [-0.2, -0.15) is 0 Å². The van der Waals surface area contributed by atoms with Gasteiger partial charge in [0.2, 0.25) is 11.8 Å². The molecule has 0 aliphatic carbocycles. The maximum absolute atomic E-state index is 12.7. The van der Waals surface area contributed by atoms with Gasteiger partial charge in [0, 0.05) is 12.2 Å². The first-order chi connectivity index (χ1) is 11.6. The number of nitrogens with two attached hydrogens (primary N) is 1. The van der Waals surface area contributed by atoms with Gasteiger partial charge in [0.05, 0.1) is 6.04 Å². The van der Waals surface area contributed by atoms with Crippen LogP contribution in [-0.2, 0) is 9.59 Å². The Balaban J connectivity index is 1.75. The fourth-order valence-electron chi connectivity index (χ4n) is 3.00. The molecule has 1 aliphatic rings. The standard InChI is InChI=1S/C19H21N3O2/c1-13-7-9-15(10-8-13)22-12-11-16(19(22)24)21-17(18(20)23)14-5-3-2-4-6-14/h2-10,16-17,21H,11-12H2,1H3,(H2,20,23). The van der Waals surface area contributed by atoms with E-state index in [0.29, 0.717) is 13.0 Å². The molecule has 3 rings (SSSR count). The van der Waals surface area contributed by atoms with Gasteiger partial charge >= 0.3 is 0 Å². The molecule has 2 aromatic carbocycles. The second kappa shape index (κ2) is 6.84. The molecule has 0 aromatic heterocycles. The minimum atomic E-state index is -0.668. The number of anilines is 1. The third-order valence-electron chi connectivity index (χ3n) is 4.34. The molecule has 2 unspecified atom stereocenters. The first-order valence-electron chi connectivity index (χ1n) is 8.04. The van der Waals surface area contributed by atoms with Gasteiger partial charge in [-0.25, -0.2) is 0 Å². The average molecular weight is 323 g/mol. The van der Waals surface area contributed by atoms with Crippen molar-refractivity contribution in [1.29, 1.82) is 0 Å². The molecule has 124 valence electrons. The lowest BCUT2D eigenvalue weighted by Crippen LogP contribution is -2.44. The average Bonchev–Trinajstić information content (AvgIpc) is 2.94. The van der Waals surface area contributed by atoms with E-state index in [2.05, 4.69) is 5.32 Å². The van der Waals surface area contributed by atoms with Crippen molar-refractivity contribution in [3.63, 3.8) is 0 Å². The van der Waals surface area contributed by atoms with E-state index < -0.39 is 18.0 Å². The number of benzene rings is 2. The lowest BCUT2D eigenvalue weighted by molar-refractivity contribution is -0.121. The predicted octanol–water partition coefficient (Wildman–Crippen LogP) is 1.92. The van der Waals surface area contributed by atoms with Gasteiger partial charge in [0.25, 0.3) is 0 Å². The summed E-state index contributed by atoms with van der Waals surface area (Å²) in [5.41, 5.74) is 8.33. The van der Waals surface area contributed by atoms with Crippen molar-refractivity contribution in [2.45, 2.75) is 25.4 Å². The quantitative estimate of drug-likeness (QED) is 0.882. The molecule has 1 aliphatic heterocycles. The van der Waals surface area contributed by atoms with Crippen molar-refractivity contribution in [3.8, 4) is 0 Å². The van der Waals surface area contributed by atoms with Gasteiger partial charge in [-0.05, 0) is 31.0 Å². The van der Waals surface area contributed by atoms with Crippen molar-refractivity contribution in [2.24, 2.45) is 5.73 Å². The Morgan fingerprint density at radius 3 is 2.46 bits per heavy atom. The van der Waals surface area contributed by atoms with Crippen molar-refractivity contribution in [1.82, 2.24) is 5.32 Å². The van der Waals surface area contributed by atoms with E-state index in [4.69, 9.17) is 5.73 Å². The highest BCUT2D eigenvalue weighted by molar-refractivity contribution is 5.99. The lowest BCUT2D eigenvalue weighted by Gasteiger charge is -2.21. The van der Waals surface area contributed by atoms with E-state index in [1.54, 1.807) is 4.90 Å². The topological polar surface area (TPSA) is 75.4 Å². The van der Waals surface area contributed by atoms with Crippen LogP contribution in [0.2, 0.25) is 0 Å². The third-order valence-corrected chi connectivity index (χ3v) is 4.34. The molecule has 3 N–H and O–H groups in total. The first-order valence-corrected chi connectivity index (χ1v) is 8.04. The molecule has 5 nitrogen and oxygen atoms in total. The Hall–Kier alpha value is -2.66. The molecule has 0 saturated carbocycles. The van der Waals surface area contributed by atoms with Gasteiger partial charge in [-0.15, -0.1) is 0 Å². The van der Waals surface area contributed by atoms with Crippen LogP contribution < -0.4 is 16.0 Å². The number of carbonyl (C=O) groups excluding carboxylic acids is 2. The Morgan fingerprint density at radius 1 is 1.17 bits per heavy atom. The van der Waals surface area contributed by atoms with Gasteiger partial charge in [-0.3, -0.25) is 14.9 Å². The first kappa shape index (κ1) is 16.2. The Kier molecular flexibility index (Phi) is 4.62.